The second kappa shape index (κ2) is 7.92. The molecule has 2 aromatic carbocycles. The van der Waals surface area contributed by atoms with Gasteiger partial charge in [-0.2, -0.15) is 0 Å². The second-order valence-corrected chi connectivity index (χ2v) is 6.60. The van der Waals surface area contributed by atoms with Crippen molar-refractivity contribution < 1.29 is 9.47 Å². The molecule has 0 aromatic heterocycles. The van der Waals surface area contributed by atoms with Crippen LogP contribution in [0.25, 0.3) is 0 Å². The molecule has 0 atom stereocenters. The van der Waals surface area contributed by atoms with Crippen LogP contribution in [-0.2, 0) is 5.41 Å². The molecule has 25 heavy (non-hydrogen) atoms. The van der Waals surface area contributed by atoms with Gasteiger partial charge in [-0.3, -0.25) is 4.99 Å². The summed E-state index contributed by atoms with van der Waals surface area (Å²) in [5.74, 6) is 1.68. The van der Waals surface area contributed by atoms with Crippen LogP contribution in [0.1, 0.15) is 25.0 Å². The van der Waals surface area contributed by atoms with Crippen LogP contribution < -0.4 is 20.5 Å². The first-order valence-corrected chi connectivity index (χ1v) is 8.22. The van der Waals surface area contributed by atoms with Gasteiger partial charge >= 0.3 is 0 Å². The highest BCUT2D eigenvalue weighted by atomic mass is 16.5. The number of benzene rings is 2. The van der Waals surface area contributed by atoms with Crippen molar-refractivity contribution >= 4 is 11.6 Å². The third-order valence-electron chi connectivity index (χ3n) is 4.17. The second-order valence-electron chi connectivity index (χ2n) is 6.60. The maximum atomic E-state index is 6.06. The van der Waals surface area contributed by atoms with Crippen molar-refractivity contribution in [1.29, 1.82) is 0 Å². The predicted molar refractivity (Wildman–Crippen MR) is 104 cm³/mol. The van der Waals surface area contributed by atoms with Crippen molar-refractivity contribution in [2.24, 2.45) is 10.7 Å². The van der Waals surface area contributed by atoms with E-state index < -0.39 is 0 Å². The number of rotatable bonds is 6. The van der Waals surface area contributed by atoms with E-state index in [1.165, 1.54) is 11.1 Å². The summed E-state index contributed by atoms with van der Waals surface area (Å²) >= 11 is 0. The summed E-state index contributed by atoms with van der Waals surface area (Å²) < 4.78 is 10.5. The van der Waals surface area contributed by atoms with Crippen molar-refractivity contribution in [3.63, 3.8) is 0 Å². The number of nitrogens with zero attached hydrogens (tertiary/aromatic N) is 1. The Morgan fingerprint density at radius 2 is 1.76 bits per heavy atom. The van der Waals surface area contributed by atoms with Gasteiger partial charge in [0.1, 0.15) is 0 Å². The topological polar surface area (TPSA) is 68.9 Å². The number of aryl methyl sites for hydroxylation is 1. The van der Waals surface area contributed by atoms with Crippen molar-refractivity contribution in [3.05, 3.63) is 53.6 Å². The van der Waals surface area contributed by atoms with Gasteiger partial charge in [0.15, 0.2) is 17.5 Å². The molecule has 0 unspecified atom stereocenters. The van der Waals surface area contributed by atoms with Gasteiger partial charge in [-0.05, 0) is 30.2 Å². The normalized spacial score (nSPS) is 12.0. The van der Waals surface area contributed by atoms with Gasteiger partial charge in [0.05, 0.1) is 20.8 Å². The van der Waals surface area contributed by atoms with Gasteiger partial charge in [0.25, 0.3) is 0 Å². The fourth-order valence-corrected chi connectivity index (χ4v) is 2.80. The van der Waals surface area contributed by atoms with Gasteiger partial charge in [0.2, 0.25) is 0 Å². The Labute approximate surface area is 149 Å². The summed E-state index contributed by atoms with van der Waals surface area (Å²) in [6.07, 6.45) is 0. The standard InChI is InChI=1S/C20H27N3O2/c1-14-8-6-7-9-16(14)20(2,3)13-22-19(21)23-15-10-11-17(24-4)18(12-15)25-5/h6-12H,13H2,1-5H3,(H3,21,22,23). The summed E-state index contributed by atoms with van der Waals surface area (Å²) in [7, 11) is 3.21. The van der Waals surface area contributed by atoms with Crippen molar-refractivity contribution in [1.82, 2.24) is 0 Å². The van der Waals surface area contributed by atoms with Crippen LogP contribution in [0.5, 0.6) is 11.5 Å². The third-order valence-corrected chi connectivity index (χ3v) is 4.17. The van der Waals surface area contributed by atoms with E-state index in [0.717, 1.165) is 5.69 Å². The van der Waals surface area contributed by atoms with Gasteiger partial charge in [-0.25, -0.2) is 0 Å². The van der Waals surface area contributed by atoms with Crippen molar-refractivity contribution in [3.8, 4) is 11.5 Å². The van der Waals surface area contributed by atoms with E-state index in [4.69, 9.17) is 15.2 Å². The summed E-state index contributed by atoms with van der Waals surface area (Å²) in [5, 5.41) is 3.10. The molecule has 2 aromatic rings. The fraction of sp³-hybridized carbons (Fsp3) is 0.350. The van der Waals surface area contributed by atoms with E-state index in [1.54, 1.807) is 14.2 Å². The minimum Gasteiger partial charge on any atom is -0.493 e. The lowest BCUT2D eigenvalue weighted by atomic mass is 9.82. The molecule has 0 saturated carbocycles. The molecule has 134 valence electrons. The average molecular weight is 341 g/mol. The number of nitrogens with two attached hydrogens (primary N) is 1. The minimum absolute atomic E-state index is 0.102. The molecule has 2 rings (SSSR count). The van der Waals surface area contributed by atoms with Gasteiger partial charge < -0.3 is 20.5 Å². The molecule has 5 nitrogen and oxygen atoms in total. The Bertz CT molecular complexity index is 754. The molecule has 0 amide bonds. The quantitative estimate of drug-likeness (QED) is 0.621. The number of ether oxygens (including phenoxy) is 2. The molecule has 0 aliphatic heterocycles. The van der Waals surface area contributed by atoms with Gasteiger partial charge in [-0.1, -0.05) is 38.1 Å². The smallest absolute Gasteiger partial charge is 0.193 e. The maximum Gasteiger partial charge on any atom is 0.193 e. The highest BCUT2D eigenvalue weighted by Gasteiger charge is 2.21. The lowest BCUT2D eigenvalue weighted by Crippen LogP contribution is -2.28. The van der Waals surface area contributed by atoms with E-state index in [2.05, 4.69) is 49.3 Å². The number of hydrogen-bond acceptors (Lipinski definition) is 3. The Morgan fingerprint density at radius 3 is 2.40 bits per heavy atom. The first kappa shape index (κ1) is 18.6. The van der Waals surface area contributed by atoms with E-state index in [1.807, 2.05) is 24.3 Å². The molecule has 0 fully saturated rings. The molecule has 5 heteroatoms. The molecule has 0 aliphatic rings. The SMILES string of the molecule is COc1ccc(NC(N)=NCC(C)(C)c2ccccc2C)cc1OC. The van der Waals surface area contributed by atoms with Crippen LogP contribution in [0.15, 0.2) is 47.5 Å². The first-order chi connectivity index (χ1) is 11.9. The third kappa shape index (κ3) is 4.66. The highest BCUT2D eigenvalue weighted by Crippen LogP contribution is 2.30. The van der Waals surface area contributed by atoms with Gasteiger partial charge in [0, 0.05) is 17.2 Å². The number of methoxy groups -OCH3 is 2. The summed E-state index contributed by atoms with van der Waals surface area (Å²) in [4.78, 5) is 4.52. The summed E-state index contributed by atoms with van der Waals surface area (Å²) in [5.41, 5.74) is 9.29. The predicted octanol–water partition coefficient (Wildman–Crippen LogP) is 3.72. The van der Waals surface area contributed by atoms with Crippen molar-refractivity contribution in [2.45, 2.75) is 26.2 Å². The Balaban J connectivity index is 2.10. The summed E-state index contributed by atoms with van der Waals surface area (Å²) in [6.45, 7) is 7.04. The van der Waals surface area contributed by atoms with Crippen LogP contribution in [0, 0.1) is 6.92 Å². The van der Waals surface area contributed by atoms with Crippen LogP contribution in [-0.4, -0.2) is 26.7 Å². The highest BCUT2D eigenvalue weighted by molar-refractivity contribution is 5.92. The Kier molecular flexibility index (Phi) is 5.91. The zero-order valence-electron chi connectivity index (χ0n) is 15.6. The molecule has 0 radical (unpaired) electrons. The summed E-state index contributed by atoms with van der Waals surface area (Å²) in [6, 6.07) is 13.9. The van der Waals surface area contributed by atoms with E-state index in [9.17, 15) is 0 Å². The van der Waals surface area contributed by atoms with Crippen LogP contribution in [0.2, 0.25) is 0 Å². The molecule has 0 aliphatic carbocycles. The number of aliphatic imine (C=N–C) groups is 1. The lowest BCUT2D eigenvalue weighted by molar-refractivity contribution is 0.355. The number of anilines is 1. The van der Waals surface area contributed by atoms with E-state index in [-0.39, 0.29) is 5.41 Å². The van der Waals surface area contributed by atoms with E-state index >= 15 is 0 Å². The van der Waals surface area contributed by atoms with Crippen LogP contribution >= 0.6 is 0 Å². The zero-order chi connectivity index (χ0) is 18.4. The number of nitrogens with one attached hydrogen (secondary N) is 1. The first-order valence-electron chi connectivity index (χ1n) is 8.22. The molecule has 0 heterocycles. The number of guanidine groups is 1. The van der Waals surface area contributed by atoms with E-state index in [0.29, 0.717) is 24.0 Å². The Hall–Kier alpha value is -2.69. The number of hydrogen-bond donors (Lipinski definition) is 2. The molecule has 0 spiro atoms. The minimum atomic E-state index is -0.102. The van der Waals surface area contributed by atoms with Crippen LogP contribution in [0.3, 0.4) is 0 Å². The van der Waals surface area contributed by atoms with Crippen molar-refractivity contribution in [2.75, 3.05) is 26.1 Å². The molecular weight excluding hydrogens is 314 g/mol. The molecule has 3 N–H and O–H groups in total. The molecular formula is C20H27N3O2. The molecule has 0 bridgehead atoms. The van der Waals surface area contributed by atoms with Crippen LogP contribution in [0.4, 0.5) is 5.69 Å². The molecule has 0 saturated heterocycles. The Morgan fingerprint density at radius 1 is 1.08 bits per heavy atom. The largest absolute Gasteiger partial charge is 0.493 e. The lowest BCUT2D eigenvalue weighted by Gasteiger charge is -2.25. The average Bonchev–Trinajstić information content (AvgIpc) is 2.60. The zero-order valence-corrected chi connectivity index (χ0v) is 15.6. The maximum absolute atomic E-state index is 6.06. The monoisotopic (exact) mass is 341 g/mol. The van der Waals surface area contributed by atoms with Gasteiger partial charge in [-0.15, -0.1) is 0 Å². The fourth-order valence-electron chi connectivity index (χ4n) is 2.80.